The fraction of sp³-hybridized carbons (Fsp3) is 0.417. The lowest BCUT2D eigenvalue weighted by Gasteiger charge is -2.11. The van der Waals surface area contributed by atoms with Crippen molar-refractivity contribution in [2.75, 3.05) is 0 Å². The van der Waals surface area contributed by atoms with Gasteiger partial charge >= 0.3 is 5.97 Å². The first-order valence-electron chi connectivity index (χ1n) is 5.56. The fourth-order valence-corrected chi connectivity index (χ4v) is 3.36. The highest BCUT2D eigenvalue weighted by Gasteiger charge is 2.31. The van der Waals surface area contributed by atoms with E-state index in [4.69, 9.17) is 15.9 Å². The van der Waals surface area contributed by atoms with Gasteiger partial charge in [-0.1, -0.05) is 12.8 Å². The number of rotatable bonds is 5. The van der Waals surface area contributed by atoms with E-state index >= 15 is 0 Å². The van der Waals surface area contributed by atoms with E-state index in [0.29, 0.717) is 6.42 Å². The largest absolute Gasteiger partial charge is 0.478 e. The van der Waals surface area contributed by atoms with Gasteiger partial charge in [0.25, 0.3) is 0 Å². The quantitative estimate of drug-likeness (QED) is 0.794. The molecule has 0 fully saturated rings. The van der Waals surface area contributed by atoms with Crippen molar-refractivity contribution in [2.45, 2.75) is 38.1 Å². The molecule has 0 radical (unpaired) electrons. The number of terminal acetylenes is 1. The van der Waals surface area contributed by atoms with Gasteiger partial charge in [0.15, 0.2) is 0 Å². The molecule has 1 aromatic rings. The molecule has 1 aromatic heterocycles. The second kappa shape index (κ2) is 5.47. The Morgan fingerprint density at radius 2 is 2.05 bits per heavy atom. The Balaban J connectivity index is 3.38. The third-order valence-corrected chi connectivity index (χ3v) is 4.22. The highest BCUT2D eigenvalue weighted by atomic mass is 32.2. The molecule has 6 nitrogen and oxygen atoms in total. The standard InChI is InChI=1S/C12H15NO5S/c1-5-9(6-2)13-19(16,17)11-8(4)18-7(3)10(11)12(14)15/h1,9,13H,6H2,2-4H3,(H,14,15). The van der Waals surface area contributed by atoms with Crippen LogP contribution in [0, 0.1) is 26.2 Å². The van der Waals surface area contributed by atoms with Crippen molar-refractivity contribution in [3.63, 3.8) is 0 Å². The van der Waals surface area contributed by atoms with Crippen LogP contribution in [0.2, 0.25) is 0 Å². The van der Waals surface area contributed by atoms with Gasteiger partial charge in [-0.25, -0.2) is 13.2 Å². The number of hydrogen-bond donors (Lipinski definition) is 2. The van der Waals surface area contributed by atoms with Gasteiger partial charge in [0.05, 0.1) is 6.04 Å². The van der Waals surface area contributed by atoms with E-state index in [9.17, 15) is 13.2 Å². The maximum absolute atomic E-state index is 12.2. The number of furan rings is 1. The Morgan fingerprint density at radius 3 is 2.47 bits per heavy atom. The van der Waals surface area contributed by atoms with Crippen molar-refractivity contribution in [1.82, 2.24) is 4.72 Å². The predicted octanol–water partition coefficient (Wildman–Crippen LogP) is 1.28. The zero-order chi connectivity index (χ0) is 14.8. The molecule has 0 saturated carbocycles. The van der Waals surface area contributed by atoms with E-state index in [2.05, 4.69) is 10.6 Å². The predicted molar refractivity (Wildman–Crippen MR) is 68.4 cm³/mol. The van der Waals surface area contributed by atoms with Crippen LogP contribution in [0.25, 0.3) is 0 Å². The van der Waals surface area contributed by atoms with Crippen molar-refractivity contribution in [3.05, 3.63) is 17.1 Å². The average molecular weight is 285 g/mol. The Labute approximate surface area is 111 Å². The van der Waals surface area contributed by atoms with Gasteiger partial charge in [0.1, 0.15) is 22.0 Å². The summed E-state index contributed by atoms with van der Waals surface area (Å²) in [6.45, 7) is 4.51. The van der Waals surface area contributed by atoms with Crippen LogP contribution in [0.4, 0.5) is 0 Å². The Hall–Kier alpha value is -1.78. The van der Waals surface area contributed by atoms with Crippen LogP contribution >= 0.6 is 0 Å². The summed E-state index contributed by atoms with van der Waals surface area (Å²) in [4.78, 5) is 10.8. The van der Waals surface area contributed by atoms with E-state index in [1.807, 2.05) is 0 Å². The number of nitrogens with one attached hydrogen (secondary N) is 1. The monoisotopic (exact) mass is 285 g/mol. The number of aryl methyl sites for hydroxylation is 2. The topological polar surface area (TPSA) is 96.6 Å². The highest BCUT2D eigenvalue weighted by molar-refractivity contribution is 7.89. The second-order valence-electron chi connectivity index (χ2n) is 3.97. The zero-order valence-corrected chi connectivity index (χ0v) is 11.7. The van der Waals surface area contributed by atoms with Crippen molar-refractivity contribution in [1.29, 1.82) is 0 Å². The lowest BCUT2D eigenvalue weighted by atomic mass is 10.2. The molecule has 0 saturated heterocycles. The van der Waals surface area contributed by atoms with Crippen LogP contribution in [0.5, 0.6) is 0 Å². The van der Waals surface area contributed by atoms with Crippen molar-refractivity contribution >= 4 is 16.0 Å². The van der Waals surface area contributed by atoms with Crippen LogP contribution in [-0.2, 0) is 10.0 Å². The average Bonchev–Trinajstić information content (AvgIpc) is 2.61. The van der Waals surface area contributed by atoms with Crippen molar-refractivity contribution < 1.29 is 22.7 Å². The SMILES string of the molecule is C#CC(CC)NS(=O)(=O)c1c(C)oc(C)c1C(=O)O. The molecule has 7 heteroatoms. The van der Waals surface area contributed by atoms with Gasteiger partial charge in [-0.2, -0.15) is 4.72 Å². The normalized spacial score (nSPS) is 12.9. The van der Waals surface area contributed by atoms with Gasteiger partial charge in [-0.15, -0.1) is 6.42 Å². The summed E-state index contributed by atoms with van der Waals surface area (Å²) in [5, 5.41) is 9.08. The molecule has 0 aliphatic carbocycles. The van der Waals surface area contributed by atoms with E-state index in [0.717, 1.165) is 0 Å². The molecular weight excluding hydrogens is 270 g/mol. The lowest BCUT2D eigenvalue weighted by Crippen LogP contribution is -2.34. The fourth-order valence-electron chi connectivity index (χ4n) is 1.72. The molecule has 0 aliphatic rings. The van der Waals surface area contributed by atoms with Crippen LogP contribution < -0.4 is 4.72 Å². The van der Waals surface area contributed by atoms with Gasteiger partial charge in [-0.05, 0) is 20.3 Å². The van der Waals surface area contributed by atoms with E-state index < -0.39 is 22.0 Å². The van der Waals surface area contributed by atoms with Gasteiger partial charge in [-0.3, -0.25) is 0 Å². The first-order chi connectivity index (χ1) is 8.74. The number of hydrogen-bond acceptors (Lipinski definition) is 4. The maximum atomic E-state index is 12.2. The minimum absolute atomic E-state index is 0.0225. The smallest absolute Gasteiger partial charge is 0.340 e. The molecule has 1 rings (SSSR count). The molecule has 0 aliphatic heterocycles. The Morgan fingerprint density at radius 1 is 1.47 bits per heavy atom. The molecule has 1 unspecified atom stereocenters. The maximum Gasteiger partial charge on any atom is 0.340 e. The molecule has 1 atom stereocenters. The van der Waals surface area contributed by atoms with E-state index in [1.165, 1.54) is 13.8 Å². The summed E-state index contributed by atoms with van der Waals surface area (Å²) in [7, 11) is -4.04. The van der Waals surface area contributed by atoms with Crippen LogP contribution in [0.3, 0.4) is 0 Å². The number of sulfonamides is 1. The molecule has 0 amide bonds. The third kappa shape index (κ3) is 2.97. The molecule has 0 aromatic carbocycles. The molecule has 19 heavy (non-hydrogen) atoms. The van der Waals surface area contributed by atoms with Crippen LogP contribution in [0.1, 0.15) is 35.2 Å². The second-order valence-corrected chi connectivity index (χ2v) is 5.62. The number of carboxylic acids is 1. The molecule has 0 spiro atoms. The van der Waals surface area contributed by atoms with E-state index in [1.54, 1.807) is 6.92 Å². The Kier molecular flexibility index (Phi) is 4.39. The number of aromatic carboxylic acids is 1. The third-order valence-electron chi connectivity index (χ3n) is 2.59. The molecule has 104 valence electrons. The van der Waals surface area contributed by atoms with Gasteiger partial charge in [0.2, 0.25) is 10.0 Å². The zero-order valence-electron chi connectivity index (χ0n) is 10.9. The van der Waals surface area contributed by atoms with Crippen LogP contribution in [-0.4, -0.2) is 25.5 Å². The lowest BCUT2D eigenvalue weighted by molar-refractivity contribution is 0.0691. The summed E-state index contributed by atoms with van der Waals surface area (Å²) in [6.07, 6.45) is 5.59. The molecule has 2 N–H and O–H groups in total. The summed E-state index contributed by atoms with van der Waals surface area (Å²) in [5.41, 5.74) is -0.364. The summed E-state index contributed by atoms with van der Waals surface area (Å²) < 4.78 is 31.7. The van der Waals surface area contributed by atoms with Crippen LogP contribution in [0.15, 0.2) is 9.31 Å². The molecule has 1 heterocycles. The Bertz CT molecular complexity index is 636. The van der Waals surface area contributed by atoms with Crippen molar-refractivity contribution in [3.8, 4) is 12.3 Å². The minimum Gasteiger partial charge on any atom is -0.478 e. The molecule has 0 bridgehead atoms. The summed E-state index contributed by atoms with van der Waals surface area (Å²) in [5.74, 6) is 0.990. The number of carboxylic acid groups (broad SMARTS) is 1. The van der Waals surface area contributed by atoms with Gasteiger partial charge < -0.3 is 9.52 Å². The highest BCUT2D eigenvalue weighted by Crippen LogP contribution is 2.26. The van der Waals surface area contributed by atoms with E-state index in [-0.39, 0.29) is 22.0 Å². The first-order valence-corrected chi connectivity index (χ1v) is 7.04. The molecular formula is C12H15NO5S. The first kappa shape index (κ1) is 15.3. The number of carbonyl (C=O) groups is 1. The van der Waals surface area contributed by atoms with Crippen molar-refractivity contribution in [2.24, 2.45) is 0 Å². The summed E-state index contributed by atoms with van der Waals surface area (Å²) in [6, 6.07) is -0.693. The van der Waals surface area contributed by atoms with Gasteiger partial charge in [0, 0.05) is 0 Å². The summed E-state index contributed by atoms with van der Waals surface area (Å²) >= 11 is 0. The minimum atomic E-state index is -4.04.